The highest BCUT2D eigenvalue weighted by molar-refractivity contribution is 8.00. The SMILES string of the molecule is O=C(Cn1c2c(sc1=O)[C@@H](c1ccco1)[C@@H]1C(=O)N(c3cccc(C(F)(F)F)c3)C(=O)[C@@H]1S2)N1CCCCC1. The highest BCUT2D eigenvalue weighted by Crippen LogP contribution is 2.54. The number of carbonyl (C=O) groups excluding carboxylic acids is 3. The number of piperidine rings is 1. The van der Waals surface area contributed by atoms with Crippen molar-refractivity contribution in [2.45, 2.75) is 48.2 Å². The first-order valence-electron chi connectivity index (χ1n) is 12.4. The molecule has 0 spiro atoms. The van der Waals surface area contributed by atoms with E-state index in [1.807, 2.05) is 0 Å². The Morgan fingerprint density at radius 3 is 2.49 bits per heavy atom. The van der Waals surface area contributed by atoms with Gasteiger partial charge in [-0.25, -0.2) is 4.90 Å². The summed E-state index contributed by atoms with van der Waals surface area (Å²) in [5.41, 5.74) is -1.15. The fraction of sp³-hybridized carbons (Fsp3) is 0.385. The number of alkyl halides is 3. The van der Waals surface area contributed by atoms with Crippen LogP contribution in [-0.4, -0.2) is 45.5 Å². The number of halogens is 3. The maximum absolute atomic E-state index is 13.7. The average molecular weight is 578 g/mol. The molecule has 2 fully saturated rings. The monoisotopic (exact) mass is 577 g/mol. The van der Waals surface area contributed by atoms with E-state index in [9.17, 15) is 32.3 Å². The Labute approximate surface area is 228 Å². The number of aromatic nitrogens is 1. The Kier molecular flexibility index (Phi) is 6.45. The van der Waals surface area contributed by atoms with Gasteiger partial charge in [-0.05, 0) is 49.6 Å². The lowest BCUT2D eigenvalue weighted by atomic mass is 9.87. The summed E-state index contributed by atoms with van der Waals surface area (Å²) in [7, 11) is 0. The predicted octanol–water partition coefficient (Wildman–Crippen LogP) is 4.33. The number of furan rings is 1. The summed E-state index contributed by atoms with van der Waals surface area (Å²) in [5, 5.41) is -0.606. The minimum Gasteiger partial charge on any atom is -0.469 e. The van der Waals surface area contributed by atoms with E-state index in [1.54, 1.807) is 17.0 Å². The molecule has 3 aliphatic rings. The molecule has 0 unspecified atom stereocenters. The number of nitrogens with zero attached hydrogens (tertiary/aromatic N) is 3. The van der Waals surface area contributed by atoms with Crippen LogP contribution in [0.25, 0.3) is 0 Å². The van der Waals surface area contributed by atoms with Gasteiger partial charge in [0.1, 0.15) is 17.6 Å². The fourth-order valence-electron chi connectivity index (χ4n) is 5.48. The van der Waals surface area contributed by atoms with Gasteiger partial charge in [-0.3, -0.25) is 23.7 Å². The Morgan fingerprint density at radius 1 is 1.03 bits per heavy atom. The van der Waals surface area contributed by atoms with Crippen molar-refractivity contribution in [2.24, 2.45) is 5.92 Å². The van der Waals surface area contributed by atoms with E-state index in [0.717, 1.165) is 65.5 Å². The van der Waals surface area contributed by atoms with Crippen LogP contribution in [0.2, 0.25) is 0 Å². The molecule has 8 nitrogen and oxygen atoms in total. The van der Waals surface area contributed by atoms with Crippen LogP contribution in [0.15, 0.2) is 56.9 Å². The van der Waals surface area contributed by atoms with Gasteiger partial charge in [0, 0.05) is 13.1 Å². The van der Waals surface area contributed by atoms with Crippen molar-refractivity contribution in [3.8, 4) is 0 Å². The second kappa shape index (κ2) is 9.70. The van der Waals surface area contributed by atoms with Crippen molar-refractivity contribution in [1.82, 2.24) is 9.47 Å². The lowest BCUT2D eigenvalue weighted by Gasteiger charge is -2.30. The lowest BCUT2D eigenvalue weighted by Crippen LogP contribution is -2.39. The maximum atomic E-state index is 13.7. The number of imide groups is 1. The molecule has 0 aliphatic carbocycles. The minimum absolute atomic E-state index is 0.172. The van der Waals surface area contributed by atoms with Crippen LogP contribution in [0.5, 0.6) is 0 Å². The normalized spacial score (nSPS) is 23.2. The fourth-order valence-corrected chi connectivity index (χ4v) is 8.24. The molecular formula is C26H22F3N3O5S2. The zero-order valence-electron chi connectivity index (χ0n) is 20.3. The lowest BCUT2D eigenvalue weighted by molar-refractivity contribution is -0.137. The predicted molar refractivity (Wildman–Crippen MR) is 137 cm³/mol. The number of thioether (sulfide) groups is 1. The molecule has 3 amide bonds. The molecule has 39 heavy (non-hydrogen) atoms. The molecule has 2 aromatic heterocycles. The number of benzene rings is 1. The van der Waals surface area contributed by atoms with Crippen LogP contribution in [0, 0.1) is 5.92 Å². The Morgan fingerprint density at radius 2 is 1.79 bits per heavy atom. The molecule has 13 heteroatoms. The molecule has 204 valence electrons. The van der Waals surface area contributed by atoms with Gasteiger partial charge in [-0.1, -0.05) is 29.2 Å². The van der Waals surface area contributed by atoms with Gasteiger partial charge in [0.05, 0.1) is 39.3 Å². The van der Waals surface area contributed by atoms with E-state index in [0.29, 0.717) is 28.8 Å². The number of anilines is 1. The number of hydrogen-bond donors (Lipinski definition) is 0. The second-order valence-corrected chi connectivity index (χ2v) is 11.8. The third-order valence-corrected chi connectivity index (χ3v) is 9.94. The highest BCUT2D eigenvalue weighted by Gasteiger charge is 2.57. The summed E-state index contributed by atoms with van der Waals surface area (Å²) < 4.78 is 47.1. The van der Waals surface area contributed by atoms with E-state index in [-0.39, 0.29) is 23.0 Å². The molecule has 6 rings (SSSR count). The summed E-state index contributed by atoms with van der Waals surface area (Å²) in [5.74, 6) is -2.99. The summed E-state index contributed by atoms with van der Waals surface area (Å²) in [6, 6.07) is 7.35. The van der Waals surface area contributed by atoms with Gasteiger partial charge in [0.25, 0.3) is 0 Å². The zero-order chi connectivity index (χ0) is 27.5. The largest absolute Gasteiger partial charge is 0.469 e. The van der Waals surface area contributed by atoms with Crippen LogP contribution >= 0.6 is 23.1 Å². The third kappa shape index (κ3) is 4.41. The van der Waals surface area contributed by atoms with Gasteiger partial charge in [0.2, 0.25) is 17.7 Å². The number of fused-ring (bicyclic) bond motifs is 2. The number of hydrogen-bond acceptors (Lipinski definition) is 7. The second-order valence-electron chi connectivity index (χ2n) is 9.68. The Bertz CT molecular complexity index is 1510. The Balaban J connectivity index is 1.40. The van der Waals surface area contributed by atoms with E-state index in [4.69, 9.17) is 4.42 Å². The highest BCUT2D eigenvalue weighted by atomic mass is 32.2. The molecular weight excluding hydrogens is 555 g/mol. The summed E-state index contributed by atoms with van der Waals surface area (Å²) >= 11 is 1.90. The van der Waals surface area contributed by atoms with Gasteiger partial charge in [-0.15, -0.1) is 0 Å². The Hall–Kier alpha value is -3.32. The topological polar surface area (TPSA) is 92.8 Å². The molecule has 0 N–H and O–H groups in total. The summed E-state index contributed by atoms with van der Waals surface area (Å²) in [6.45, 7) is 1.04. The summed E-state index contributed by atoms with van der Waals surface area (Å²) in [6.07, 6.45) is -0.412. The standard InChI is InChI=1S/C26H22F3N3O5S2/c27-26(28,29)14-6-4-7-15(12-14)32-22(34)19-18(16-8-5-11-37-16)21-24(38-20(19)23(32)35)31(25(36)39-21)13-17(33)30-9-2-1-3-10-30/h4-8,11-12,18-20H,1-3,9-10,13H2/t18-,19-,20+/m0/s1. The number of thiazole rings is 1. The number of likely N-dealkylation sites (tertiary alicyclic amines) is 1. The molecule has 3 aliphatic heterocycles. The van der Waals surface area contributed by atoms with Gasteiger partial charge in [-0.2, -0.15) is 13.2 Å². The van der Waals surface area contributed by atoms with Crippen molar-refractivity contribution >= 4 is 46.5 Å². The number of amides is 3. The zero-order valence-corrected chi connectivity index (χ0v) is 22.0. The number of carbonyl (C=O) groups is 3. The van der Waals surface area contributed by atoms with Crippen LogP contribution in [-0.2, 0) is 27.1 Å². The van der Waals surface area contributed by atoms with Crippen LogP contribution in [0.4, 0.5) is 18.9 Å². The van der Waals surface area contributed by atoms with Crippen molar-refractivity contribution in [3.63, 3.8) is 0 Å². The van der Waals surface area contributed by atoms with Gasteiger partial charge in [0.15, 0.2) is 0 Å². The maximum Gasteiger partial charge on any atom is 0.416 e. The molecule has 0 saturated carbocycles. The molecule has 3 aromatic rings. The van der Waals surface area contributed by atoms with Crippen LogP contribution < -0.4 is 9.77 Å². The van der Waals surface area contributed by atoms with Gasteiger partial charge < -0.3 is 9.32 Å². The smallest absolute Gasteiger partial charge is 0.416 e. The minimum atomic E-state index is -4.65. The first-order chi connectivity index (χ1) is 18.6. The van der Waals surface area contributed by atoms with Gasteiger partial charge >= 0.3 is 11.0 Å². The molecule has 5 heterocycles. The third-order valence-electron chi connectivity index (χ3n) is 7.33. The quantitative estimate of drug-likeness (QED) is 0.429. The van der Waals surface area contributed by atoms with E-state index >= 15 is 0 Å². The summed E-state index contributed by atoms with van der Waals surface area (Å²) in [4.78, 5) is 56.2. The molecule has 3 atom stereocenters. The molecule has 2 saturated heterocycles. The van der Waals surface area contributed by atoms with Crippen LogP contribution in [0.1, 0.15) is 41.4 Å². The average Bonchev–Trinajstić information content (AvgIpc) is 3.61. The van der Waals surface area contributed by atoms with Crippen molar-refractivity contribution in [2.75, 3.05) is 18.0 Å². The molecule has 1 aromatic carbocycles. The first-order valence-corrected chi connectivity index (χ1v) is 14.1. The molecule has 0 bridgehead atoms. The number of rotatable bonds is 4. The van der Waals surface area contributed by atoms with E-state index in [2.05, 4.69) is 0 Å². The van der Waals surface area contributed by atoms with Crippen molar-refractivity contribution in [1.29, 1.82) is 0 Å². The van der Waals surface area contributed by atoms with E-state index in [1.165, 1.54) is 16.9 Å². The molecule has 0 radical (unpaired) electrons. The van der Waals surface area contributed by atoms with E-state index < -0.39 is 40.6 Å². The van der Waals surface area contributed by atoms with Crippen molar-refractivity contribution < 1.29 is 32.0 Å². The van der Waals surface area contributed by atoms with Crippen molar-refractivity contribution in [3.05, 3.63) is 68.5 Å². The first kappa shape index (κ1) is 25.9. The van der Waals surface area contributed by atoms with Crippen LogP contribution in [0.3, 0.4) is 0 Å².